The topological polar surface area (TPSA) is 42.0 Å². The molecule has 1 amide bonds. The van der Waals surface area contributed by atoms with E-state index in [0.29, 0.717) is 5.56 Å². The summed E-state index contributed by atoms with van der Waals surface area (Å²) in [6.45, 7) is 3.97. The van der Waals surface area contributed by atoms with E-state index in [9.17, 15) is 4.79 Å². The molecular weight excluding hydrogens is 296 g/mol. The van der Waals surface area contributed by atoms with E-state index in [1.807, 2.05) is 55.5 Å². The molecule has 0 fully saturated rings. The molecule has 24 heavy (non-hydrogen) atoms. The van der Waals surface area contributed by atoms with E-state index in [4.69, 9.17) is 0 Å². The molecule has 3 rings (SSSR count). The second-order valence-corrected chi connectivity index (χ2v) is 6.23. The highest BCUT2D eigenvalue weighted by Gasteiger charge is 2.14. The number of aryl methyl sites for hydroxylation is 2. The largest absolute Gasteiger partial charge is 0.350 e. The lowest BCUT2D eigenvalue weighted by molar-refractivity contribution is 0.0940. The van der Waals surface area contributed by atoms with Gasteiger partial charge in [0.15, 0.2) is 0 Å². The summed E-state index contributed by atoms with van der Waals surface area (Å²) in [6.07, 6.45) is 1.87. The van der Waals surface area contributed by atoms with Crippen LogP contribution in [0, 0.1) is 6.92 Å². The molecule has 0 saturated heterocycles. The van der Waals surface area contributed by atoms with Gasteiger partial charge in [0.25, 0.3) is 5.91 Å². The molecule has 1 aromatic heterocycles. The van der Waals surface area contributed by atoms with Crippen molar-refractivity contribution in [3.8, 4) is 0 Å². The summed E-state index contributed by atoms with van der Waals surface area (Å²) < 4.78 is 0. The summed E-state index contributed by atoms with van der Waals surface area (Å²) in [5.74, 6) is -0.0303. The third-order valence-electron chi connectivity index (χ3n) is 4.18. The van der Waals surface area contributed by atoms with Gasteiger partial charge >= 0.3 is 0 Å². The standard InChI is InChI=1S/C21H22N2O/c1-15(12-13-17-8-4-3-5-9-17)23-21(24)19-14-16(2)22-20-11-7-6-10-18(19)20/h3-11,14-15H,12-13H2,1-2H3,(H,23,24)/t15-/m1/s1. The number of rotatable bonds is 5. The zero-order valence-electron chi connectivity index (χ0n) is 14.1. The van der Waals surface area contributed by atoms with Gasteiger partial charge in [0, 0.05) is 17.1 Å². The highest BCUT2D eigenvalue weighted by atomic mass is 16.1. The number of para-hydroxylation sites is 1. The molecule has 1 atom stereocenters. The molecule has 0 aliphatic carbocycles. The Labute approximate surface area is 142 Å². The predicted molar refractivity (Wildman–Crippen MR) is 98.2 cm³/mol. The number of carbonyl (C=O) groups is 1. The number of hydrogen-bond donors (Lipinski definition) is 1. The Bertz CT molecular complexity index is 843. The third-order valence-corrected chi connectivity index (χ3v) is 4.18. The van der Waals surface area contributed by atoms with Crippen LogP contribution in [-0.2, 0) is 6.42 Å². The Balaban J connectivity index is 1.70. The first-order chi connectivity index (χ1) is 11.6. The van der Waals surface area contributed by atoms with Gasteiger partial charge in [-0.3, -0.25) is 9.78 Å². The summed E-state index contributed by atoms with van der Waals surface area (Å²) in [4.78, 5) is 17.2. The first-order valence-electron chi connectivity index (χ1n) is 8.34. The van der Waals surface area contributed by atoms with Crippen LogP contribution in [0.3, 0.4) is 0 Å². The molecule has 0 aliphatic heterocycles. The van der Waals surface area contributed by atoms with Crippen molar-refractivity contribution >= 4 is 16.8 Å². The normalized spacial score (nSPS) is 12.1. The van der Waals surface area contributed by atoms with E-state index >= 15 is 0 Å². The molecule has 3 heteroatoms. The number of pyridine rings is 1. The molecule has 0 spiro atoms. The Morgan fingerprint density at radius 3 is 2.58 bits per heavy atom. The molecule has 3 aromatic rings. The van der Waals surface area contributed by atoms with Crippen LogP contribution in [0.5, 0.6) is 0 Å². The monoisotopic (exact) mass is 318 g/mol. The van der Waals surface area contributed by atoms with Crippen LogP contribution < -0.4 is 5.32 Å². The van der Waals surface area contributed by atoms with E-state index in [1.54, 1.807) is 0 Å². The lowest BCUT2D eigenvalue weighted by atomic mass is 10.0. The number of hydrogen-bond acceptors (Lipinski definition) is 2. The molecule has 0 bridgehead atoms. The summed E-state index contributed by atoms with van der Waals surface area (Å²) in [5.41, 5.74) is 3.71. The van der Waals surface area contributed by atoms with Gasteiger partial charge in [-0.1, -0.05) is 48.5 Å². The Morgan fingerprint density at radius 1 is 1.08 bits per heavy atom. The van der Waals surface area contributed by atoms with Gasteiger partial charge in [-0.25, -0.2) is 0 Å². The number of nitrogens with zero attached hydrogens (tertiary/aromatic N) is 1. The highest BCUT2D eigenvalue weighted by Crippen LogP contribution is 2.18. The van der Waals surface area contributed by atoms with E-state index in [1.165, 1.54) is 5.56 Å². The van der Waals surface area contributed by atoms with Gasteiger partial charge in [0.2, 0.25) is 0 Å². The number of fused-ring (bicyclic) bond motifs is 1. The molecule has 2 aromatic carbocycles. The summed E-state index contributed by atoms with van der Waals surface area (Å²) in [6, 6.07) is 20.1. The van der Waals surface area contributed by atoms with E-state index < -0.39 is 0 Å². The summed E-state index contributed by atoms with van der Waals surface area (Å²) in [7, 11) is 0. The average molecular weight is 318 g/mol. The lowest BCUT2D eigenvalue weighted by Gasteiger charge is -2.15. The second-order valence-electron chi connectivity index (χ2n) is 6.23. The second kappa shape index (κ2) is 7.26. The fourth-order valence-corrected chi connectivity index (χ4v) is 2.90. The number of benzene rings is 2. The van der Waals surface area contributed by atoms with E-state index in [2.05, 4.69) is 29.4 Å². The Kier molecular flexibility index (Phi) is 4.90. The van der Waals surface area contributed by atoms with Crippen molar-refractivity contribution in [2.45, 2.75) is 32.7 Å². The van der Waals surface area contributed by atoms with Crippen LogP contribution in [0.1, 0.15) is 35.0 Å². The van der Waals surface area contributed by atoms with Crippen LogP contribution in [0.15, 0.2) is 60.7 Å². The van der Waals surface area contributed by atoms with Crippen molar-refractivity contribution in [1.82, 2.24) is 10.3 Å². The molecule has 0 unspecified atom stereocenters. The molecule has 1 N–H and O–H groups in total. The first kappa shape index (κ1) is 16.2. The predicted octanol–water partition coefficient (Wildman–Crippen LogP) is 4.29. The minimum Gasteiger partial charge on any atom is -0.350 e. The Hall–Kier alpha value is -2.68. The maximum Gasteiger partial charge on any atom is 0.252 e. The molecule has 0 radical (unpaired) electrons. The number of carbonyl (C=O) groups excluding carboxylic acids is 1. The van der Waals surface area contributed by atoms with Crippen molar-refractivity contribution in [3.05, 3.63) is 77.5 Å². The van der Waals surface area contributed by atoms with Crippen molar-refractivity contribution in [1.29, 1.82) is 0 Å². The van der Waals surface area contributed by atoms with Gasteiger partial charge in [-0.15, -0.1) is 0 Å². The average Bonchev–Trinajstić information content (AvgIpc) is 2.60. The number of nitrogens with one attached hydrogen (secondary N) is 1. The van der Waals surface area contributed by atoms with Crippen LogP contribution in [0.4, 0.5) is 0 Å². The molecule has 0 saturated carbocycles. The van der Waals surface area contributed by atoms with Crippen molar-refractivity contribution < 1.29 is 4.79 Å². The van der Waals surface area contributed by atoms with E-state index in [0.717, 1.165) is 29.4 Å². The van der Waals surface area contributed by atoms with Gasteiger partial charge in [-0.2, -0.15) is 0 Å². The van der Waals surface area contributed by atoms with E-state index in [-0.39, 0.29) is 11.9 Å². The number of amides is 1. The van der Waals surface area contributed by atoms with Gasteiger partial charge in [0.1, 0.15) is 0 Å². The Morgan fingerprint density at radius 2 is 1.79 bits per heavy atom. The number of aromatic nitrogens is 1. The molecule has 1 heterocycles. The quantitative estimate of drug-likeness (QED) is 0.762. The van der Waals surface area contributed by atoms with Crippen LogP contribution in [0.2, 0.25) is 0 Å². The van der Waals surface area contributed by atoms with Gasteiger partial charge in [0.05, 0.1) is 11.1 Å². The van der Waals surface area contributed by atoms with Crippen LogP contribution >= 0.6 is 0 Å². The molecular formula is C21H22N2O. The maximum atomic E-state index is 12.7. The smallest absolute Gasteiger partial charge is 0.252 e. The van der Waals surface area contributed by atoms with Crippen molar-refractivity contribution in [2.24, 2.45) is 0 Å². The fraction of sp³-hybridized carbons (Fsp3) is 0.238. The zero-order chi connectivity index (χ0) is 16.9. The summed E-state index contributed by atoms with van der Waals surface area (Å²) >= 11 is 0. The van der Waals surface area contributed by atoms with Gasteiger partial charge < -0.3 is 5.32 Å². The van der Waals surface area contributed by atoms with Crippen LogP contribution in [-0.4, -0.2) is 16.9 Å². The maximum absolute atomic E-state index is 12.7. The minimum absolute atomic E-state index is 0.0303. The molecule has 3 nitrogen and oxygen atoms in total. The van der Waals surface area contributed by atoms with Crippen LogP contribution in [0.25, 0.3) is 10.9 Å². The van der Waals surface area contributed by atoms with Crippen molar-refractivity contribution in [3.63, 3.8) is 0 Å². The molecule has 122 valence electrons. The summed E-state index contributed by atoms with van der Waals surface area (Å²) in [5, 5.41) is 4.02. The third kappa shape index (κ3) is 3.80. The SMILES string of the molecule is Cc1cc(C(=O)N[C@H](C)CCc2ccccc2)c2ccccc2n1. The van der Waals surface area contributed by atoms with Crippen molar-refractivity contribution in [2.75, 3.05) is 0 Å². The zero-order valence-corrected chi connectivity index (χ0v) is 14.1. The molecule has 0 aliphatic rings. The fourth-order valence-electron chi connectivity index (χ4n) is 2.90. The van der Waals surface area contributed by atoms with Gasteiger partial charge in [-0.05, 0) is 44.4 Å². The lowest BCUT2D eigenvalue weighted by Crippen LogP contribution is -2.33. The minimum atomic E-state index is -0.0303. The first-order valence-corrected chi connectivity index (χ1v) is 8.34. The highest BCUT2D eigenvalue weighted by molar-refractivity contribution is 6.06.